The molecule has 21 heavy (non-hydrogen) atoms. The van der Waals surface area contributed by atoms with Crippen LogP contribution >= 0.6 is 0 Å². The minimum atomic E-state index is 0.112. The molecule has 1 N–H and O–H groups in total. The van der Waals surface area contributed by atoms with Crippen molar-refractivity contribution in [3.05, 3.63) is 0 Å². The Morgan fingerprint density at radius 1 is 1.19 bits per heavy atom. The molecule has 0 aromatic carbocycles. The predicted octanol–water partition coefficient (Wildman–Crippen LogP) is 0.302. The van der Waals surface area contributed by atoms with E-state index in [0.717, 1.165) is 65.5 Å². The topological polar surface area (TPSA) is 48.0 Å². The number of likely N-dealkylation sites (N-methyl/N-ethyl adjacent to an activating group) is 1. The number of piperazine rings is 1. The van der Waals surface area contributed by atoms with Crippen LogP contribution in [0.2, 0.25) is 0 Å². The molecule has 2 saturated heterocycles. The SMILES string of the molecule is CCN1CCN(C(=O)NCC2CCN(CCOC)C2)CC1. The van der Waals surface area contributed by atoms with Crippen molar-refractivity contribution in [1.29, 1.82) is 0 Å². The maximum Gasteiger partial charge on any atom is 0.317 e. The van der Waals surface area contributed by atoms with Crippen LogP contribution in [0.15, 0.2) is 0 Å². The van der Waals surface area contributed by atoms with Crippen molar-refractivity contribution in [3.8, 4) is 0 Å². The number of hydrogen-bond acceptors (Lipinski definition) is 4. The first-order chi connectivity index (χ1) is 10.2. The van der Waals surface area contributed by atoms with E-state index in [2.05, 4.69) is 22.0 Å². The first-order valence-corrected chi connectivity index (χ1v) is 8.19. The van der Waals surface area contributed by atoms with Gasteiger partial charge in [-0.15, -0.1) is 0 Å². The molecule has 2 heterocycles. The fourth-order valence-corrected chi connectivity index (χ4v) is 3.11. The molecule has 1 atom stereocenters. The highest BCUT2D eigenvalue weighted by Gasteiger charge is 2.24. The Bertz CT molecular complexity index is 319. The zero-order valence-corrected chi connectivity index (χ0v) is 13.5. The molecule has 2 aliphatic heterocycles. The highest BCUT2D eigenvalue weighted by molar-refractivity contribution is 5.74. The molecule has 6 nitrogen and oxygen atoms in total. The number of likely N-dealkylation sites (tertiary alicyclic amines) is 1. The summed E-state index contributed by atoms with van der Waals surface area (Å²) in [6, 6.07) is 0.112. The number of urea groups is 1. The second-order valence-corrected chi connectivity index (χ2v) is 6.06. The molecular formula is C15H30N4O2. The second-order valence-electron chi connectivity index (χ2n) is 6.06. The van der Waals surface area contributed by atoms with Gasteiger partial charge in [0.1, 0.15) is 0 Å². The van der Waals surface area contributed by atoms with Gasteiger partial charge >= 0.3 is 6.03 Å². The number of nitrogens with zero attached hydrogens (tertiary/aromatic N) is 3. The Labute approximate surface area is 128 Å². The summed E-state index contributed by atoms with van der Waals surface area (Å²) in [5.41, 5.74) is 0. The van der Waals surface area contributed by atoms with E-state index in [9.17, 15) is 4.79 Å². The summed E-state index contributed by atoms with van der Waals surface area (Å²) in [7, 11) is 1.74. The monoisotopic (exact) mass is 298 g/mol. The van der Waals surface area contributed by atoms with Crippen LogP contribution in [-0.2, 0) is 4.74 Å². The molecule has 0 saturated carbocycles. The number of ether oxygens (including phenoxy) is 1. The minimum absolute atomic E-state index is 0.112. The van der Waals surface area contributed by atoms with Gasteiger partial charge in [0.25, 0.3) is 0 Å². The normalized spacial score (nSPS) is 24.5. The van der Waals surface area contributed by atoms with Crippen LogP contribution in [0, 0.1) is 5.92 Å². The number of amides is 2. The molecule has 0 aromatic heterocycles. The Morgan fingerprint density at radius 2 is 1.95 bits per heavy atom. The highest BCUT2D eigenvalue weighted by atomic mass is 16.5. The lowest BCUT2D eigenvalue weighted by molar-refractivity contribution is 0.141. The van der Waals surface area contributed by atoms with E-state index in [1.165, 1.54) is 6.42 Å². The zero-order chi connectivity index (χ0) is 15.1. The average molecular weight is 298 g/mol. The molecule has 2 fully saturated rings. The number of nitrogens with one attached hydrogen (secondary N) is 1. The van der Waals surface area contributed by atoms with Crippen LogP contribution in [0.4, 0.5) is 4.79 Å². The molecule has 0 aromatic rings. The maximum absolute atomic E-state index is 12.2. The van der Waals surface area contributed by atoms with E-state index in [1.54, 1.807) is 7.11 Å². The largest absolute Gasteiger partial charge is 0.383 e. The highest BCUT2D eigenvalue weighted by Crippen LogP contribution is 2.15. The number of carbonyl (C=O) groups is 1. The van der Waals surface area contributed by atoms with Gasteiger partial charge in [-0.2, -0.15) is 0 Å². The number of hydrogen-bond donors (Lipinski definition) is 1. The summed E-state index contributed by atoms with van der Waals surface area (Å²) in [5.74, 6) is 0.586. The Hall–Kier alpha value is -0.850. The van der Waals surface area contributed by atoms with E-state index in [0.29, 0.717) is 5.92 Å². The smallest absolute Gasteiger partial charge is 0.317 e. The van der Waals surface area contributed by atoms with Crippen molar-refractivity contribution in [2.45, 2.75) is 13.3 Å². The summed E-state index contributed by atoms with van der Waals surface area (Å²) in [4.78, 5) is 18.9. The number of carbonyl (C=O) groups excluding carboxylic acids is 1. The van der Waals surface area contributed by atoms with Crippen molar-refractivity contribution < 1.29 is 9.53 Å². The zero-order valence-electron chi connectivity index (χ0n) is 13.5. The van der Waals surface area contributed by atoms with Gasteiger partial charge in [-0.05, 0) is 25.4 Å². The first-order valence-electron chi connectivity index (χ1n) is 8.19. The number of methoxy groups -OCH3 is 1. The van der Waals surface area contributed by atoms with Crippen molar-refractivity contribution in [3.63, 3.8) is 0 Å². The van der Waals surface area contributed by atoms with Gasteiger partial charge in [0.15, 0.2) is 0 Å². The lowest BCUT2D eigenvalue weighted by Gasteiger charge is -2.34. The fraction of sp³-hybridized carbons (Fsp3) is 0.933. The molecular weight excluding hydrogens is 268 g/mol. The van der Waals surface area contributed by atoms with E-state index in [4.69, 9.17) is 4.74 Å². The fourth-order valence-electron chi connectivity index (χ4n) is 3.11. The molecule has 2 rings (SSSR count). The van der Waals surface area contributed by atoms with Crippen molar-refractivity contribution in [2.24, 2.45) is 5.92 Å². The van der Waals surface area contributed by atoms with Gasteiger partial charge in [0.2, 0.25) is 0 Å². The van der Waals surface area contributed by atoms with E-state index >= 15 is 0 Å². The first kappa shape index (κ1) is 16.5. The lowest BCUT2D eigenvalue weighted by Crippen LogP contribution is -2.52. The molecule has 0 spiro atoms. The average Bonchev–Trinajstić information content (AvgIpc) is 2.98. The molecule has 0 bridgehead atoms. The lowest BCUT2D eigenvalue weighted by atomic mass is 10.1. The van der Waals surface area contributed by atoms with Gasteiger partial charge < -0.3 is 24.8 Å². The summed E-state index contributed by atoms with van der Waals surface area (Å²) in [6.45, 7) is 11.7. The van der Waals surface area contributed by atoms with Gasteiger partial charge in [0, 0.05) is 52.9 Å². The molecule has 122 valence electrons. The standard InChI is InChI=1S/C15H30N4O2/c1-3-17-6-8-19(9-7-17)15(20)16-12-14-4-5-18(13-14)10-11-21-2/h14H,3-13H2,1-2H3,(H,16,20). The van der Waals surface area contributed by atoms with Crippen LogP contribution in [0.5, 0.6) is 0 Å². The number of rotatable bonds is 6. The third-order valence-electron chi connectivity index (χ3n) is 4.63. The molecule has 0 aliphatic carbocycles. The summed E-state index contributed by atoms with van der Waals surface area (Å²) in [6.07, 6.45) is 1.17. The summed E-state index contributed by atoms with van der Waals surface area (Å²) in [5, 5.41) is 3.11. The summed E-state index contributed by atoms with van der Waals surface area (Å²) >= 11 is 0. The van der Waals surface area contributed by atoms with E-state index < -0.39 is 0 Å². The summed E-state index contributed by atoms with van der Waals surface area (Å²) < 4.78 is 5.11. The van der Waals surface area contributed by atoms with Gasteiger partial charge in [-0.25, -0.2) is 4.79 Å². The van der Waals surface area contributed by atoms with Crippen LogP contribution < -0.4 is 5.32 Å². The van der Waals surface area contributed by atoms with Crippen LogP contribution in [0.3, 0.4) is 0 Å². The second kappa shape index (κ2) is 8.56. The van der Waals surface area contributed by atoms with Gasteiger partial charge in [-0.1, -0.05) is 6.92 Å². The van der Waals surface area contributed by atoms with Crippen LogP contribution in [0.25, 0.3) is 0 Å². The molecule has 1 unspecified atom stereocenters. The van der Waals surface area contributed by atoms with Crippen LogP contribution in [-0.4, -0.2) is 93.4 Å². The van der Waals surface area contributed by atoms with Gasteiger partial charge in [-0.3, -0.25) is 0 Å². The Morgan fingerprint density at radius 3 is 2.62 bits per heavy atom. The van der Waals surface area contributed by atoms with Crippen molar-refractivity contribution in [2.75, 3.05) is 72.6 Å². The van der Waals surface area contributed by atoms with Crippen LogP contribution in [0.1, 0.15) is 13.3 Å². The minimum Gasteiger partial charge on any atom is -0.383 e. The third-order valence-corrected chi connectivity index (χ3v) is 4.63. The Kier molecular flexibility index (Phi) is 6.73. The van der Waals surface area contributed by atoms with E-state index in [1.807, 2.05) is 4.90 Å². The quantitative estimate of drug-likeness (QED) is 0.766. The third kappa shape index (κ3) is 5.13. The predicted molar refractivity (Wildman–Crippen MR) is 83.5 cm³/mol. The molecule has 2 amide bonds. The Balaban J connectivity index is 1.61. The van der Waals surface area contributed by atoms with Crippen molar-refractivity contribution >= 4 is 6.03 Å². The van der Waals surface area contributed by atoms with Gasteiger partial charge in [0.05, 0.1) is 6.61 Å². The van der Waals surface area contributed by atoms with Crippen molar-refractivity contribution in [1.82, 2.24) is 20.0 Å². The molecule has 0 radical (unpaired) electrons. The maximum atomic E-state index is 12.2. The van der Waals surface area contributed by atoms with E-state index in [-0.39, 0.29) is 6.03 Å². The molecule has 6 heteroatoms. The molecule has 2 aliphatic rings.